The molecule has 3 rings (SSSR count). The van der Waals surface area contributed by atoms with Crippen molar-refractivity contribution in [3.63, 3.8) is 0 Å². The van der Waals surface area contributed by atoms with Crippen LogP contribution in [0.15, 0.2) is 54.7 Å². The highest BCUT2D eigenvalue weighted by molar-refractivity contribution is 6.37. The van der Waals surface area contributed by atoms with Gasteiger partial charge in [-0.25, -0.2) is 0 Å². The first-order chi connectivity index (χ1) is 9.66. The molecular weight excluding hydrogens is 276 g/mol. The minimum Gasteiger partial charge on any atom is -0.258 e. The van der Waals surface area contributed by atoms with E-state index in [4.69, 9.17) is 11.6 Å². The van der Waals surface area contributed by atoms with Crippen LogP contribution >= 0.6 is 11.6 Å². The number of rotatable bonds is 2. The van der Waals surface area contributed by atoms with Crippen molar-refractivity contribution in [3.05, 3.63) is 69.9 Å². The monoisotopic (exact) mass is 284 g/mol. The van der Waals surface area contributed by atoms with Gasteiger partial charge in [-0.1, -0.05) is 35.9 Å². The van der Waals surface area contributed by atoms with Crippen molar-refractivity contribution in [2.45, 2.75) is 0 Å². The fourth-order valence-corrected chi connectivity index (χ4v) is 2.40. The molecule has 0 spiro atoms. The summed E-state index contributed by atoms with van der Waals surface area (Å²) < 4.78 is 0. The quantitative estimate of drug-likeness (QED) is 0.515. The molecule has 0 bridgehead atoms. The Balaban J connectivity index is 2.14. The van der Waals surface area contributed by atoms with Crippen LogP contribution in [0.25, 0.3) is 22.0 Å². The van der Waals surface area contributed by atoms with E-state index in [1.165, 1.54) is 12.1 Å². The van der Waals surface area contributed by atoms with Gasteiger partial charge in [-0.15, -0.1) is 0 Å². The normalized spacial score (nSPS) is 10.7. The van der Waals surface area contributed by atoms with Crippen LogP contribution in [0.3, 0.4) is 0 Å². The number of pyridine rings is 1. The zero-order valence-electron chi connectivity index (χ0n) is 10.3. The maximum atomic E-state index is 10.7. The lowest BCUT2D eigenvalue weighted by molar-refractivity contribution is -0.384. The van der Waals surface area contributed by atoms with Crippen LogP contribution in [0.4, 0.5) is 5.69 Å². The second kappa shape index (κ2) is 4.90. The van der Waals surface area contributed by atoms with E-state index in [0.717, 1.165) is 16.3 Å². The Kier molecular flexibility index (Phi) is 3.08. The number of nitro benzene ring substituents is 1. The fraction of sp³-hybridized carbons (Fsp3) is 0. The molecule has 0 aliphatic carbocycles. The number of hydrogen-bond acceptors (Lipinski definition) is 3. The third-order valence-corrected chi connectivity index (χ3v) is 3.47. The zero-order valence-corrected chi connectivity index (χ0v) is 11.0. The molecule has 98 valence electrons. The molecule has 0 saturated heterocycles. The number of fused-ring (bicyclic) bond motifs is 1. The average Bonchev–Trinajstić information content (AvgIpc) is 2.48. The van der Waals surface area contributed by atoms with E-state index < -0.39 is 4.92 Å². The summed E-state index contributed by atoms with van der Waals surface area (Å²) in [6.07, 6.45) is 1.75. The summed E-state index contributed by atoms with van der Waals surface area (Å²) >= 11 is 6.38. The molecule has 20 heavy (non-hydrogen) atoms. The highest BCUT2D eigenvalue weighted by Gasteiger charge is 2.11. The van der Waals surface area contributed by atoms with Crippen LogP contribution in [0.1, 0.15) is 0 Å². The summed E-state index contributed by atoms with van der Waals surface area (Å²) in [6, 6.07) is 13.9. The third-order valence-electron chi connectivity index (χ3n) is 3.09. The van der Waals surface area contributed by atoms with Gasteiger partial charge in [-0.05, 0) is 12.1 Å². The minimum absolute atomic E-state index is 0.0469. The van der Waals surface area contributed by atoms with Crippen molar-refractivity contribution in [2.24, 2.45) is 0 Å². The molecule has 0 atom stereocenters. The van der Waals surface area contributed by atoms with E-state index in [2.05, 4.69) is 4.98 Å². The zero-order chi connectivity index (χ0) is 14.1. The smallest absolute Gasteiger partial charge is 0.258 e. The number of non-ortho nitro benzene ring substituents is 1. The van der Waals surface area contributed by atoms with E-state index in [9.17, 15) is 10.1 Å². The number of halogens is 1. The lowest BCUT2D eigenvalue weighted by atomic mass is 10.1. The van der Waals surface area contributed by atoms with Crippen LogP contribution in [-0.2, 0) is 0 Å². The van der Waals surface area contributed by atoms with Gasteiger partial charge in [0.15, 0.2) is 0 Å². The van der Waals surface area contributed by atoms with Gasteiger partial charge < -0.3 is 0 Å². The van der Waals surface area contributed by atoms with E-state index in [1.807, 2.05) is 24.3 Å². The molecular formula is C15H9ClN2O2. The maximum absolute atomic E-state index is 10.7. The van der Waals surface area contributed by atoms with Gasteiger partial charge in [0.2, 0.25) is 0 Å². The molecule has 0 N–H and O–H groups in total. The Bertz CT molecular complexity index is 801. The summed E-state index contributed by atoms with van der Waals surface area (Å²) in [5, 5.41) is 13.1. The van der Waals surface area contributed by atoms with Crippen LogP contribution in [0.2, 0.25) is 5.02 Å². The molecule has 0 unspecified atom stereocenters. The van der Waals surface area contributed by atoms with Gasteiger partial charge in [-0.2, -0.15) is 0 Å². The SMILES string of the molecule is O=[N+]([O-])c1ccc(-c2ncc3ccccc3c2Cl)cc1. The Morgan fingerprint density at radius 3 is 2.45 bits per heavy atom. The highest BCUT2D eigenvalue weighted by atomic mass is 35.5. The Morgan fingerprint density at radius 1 is 1.05 bits per heavy atom. The second-order valence-corrected chi connectivity index (χ2v) is 4.69. The van der Waals surface area contributed by atoms with E-state index in [1.54, 1.807) is 18.3 Å². The van der Waals surface area contributed by atoms with Gasteiger partial charge in [0.05, 0.1) is 15.6 Å². The highest BCUT2D eigenvalue weighted by Crippen LogP contribution is 2.32. The molecule has 0 aliphatic rings. The molecule has 0 saturated carbocycles. The lowest BCUT2D eigenvalue weighted by Gasteiger charge is -2.06. The first kappa shape index (κ1) is 12.6. The molecule has 0 fully saturated rings. The van der Waals surface area contributed by atoms with Gasteiger partial charge in [0.25, 0.3) is 5.69 Å². The van der Waals surface area contributed by atoms with Crippen molar-refractivity contribution >= 4 is 28.1 Å². The minimum atomic E-state index is -0.431. The number of nitrogens with zero attached hydrogens (tertiary/aromatic N) is 2. The van der Waals surface area contributed by atoms with Crippen molar-refractivity contribution in [1.29, 1.82) is 0 Å². The van der Waals surface area contributed by atoms with Crippen LogP contribution in [-0.4, -0.2) is 9.91 Å². The van der Waals surface area contributed by atoms with Gasteiger partial charge in [0, 0.05) is 34.7 Å². The molecule has 0 amide bonds. The molecule has 2 aromatic carbocycles. The summed E-state index contributed by atoms with van der Waals surface area (Å²) in [5.41, 5.74) is 1.43. The molecule has 3 aromatic rings. The molecule has 1 heterocycles. The summed E-state index contributed by atoms with van der Waals surface area (Å²) in [7, 11) is 0. The second-order valence-electron chi connectivity index (χ2n) is 4.31. The lowest BCUT2D eigenvalue weighted by Crippen LogP contribution is -1.89. The van der Waals surface area contributed by atoms with Crippen molar-refractivity contribution in [3.8, 4) is 11.3 Å². The Hall–Kier alpha value is -2.46. The summed E-state index contributed by atoms with van der Waals surface area (Å²) in [6.45, 7) is 0. The predicted molar refractivity (Wildman–Crippen MR) is 78.8 cm³/mol. The Labute approximate surface area is 119 Å². The van der Waals surface area contributed by atoms with Crippen LogP contribution in [0, 0.1) is 10.1 Å². The van der Waals surface area contributed by atoms with E-state index >= 15 is 0 Å². The van der Waals surface area contributed by atoms with Gasteiger partial charge in [0.1, 0.15) is 0 Å². The van der Waals surface area contributed by atoms with Crippen molar-refractivity contribution in [1.82, 2.24) is 4.98 Å². The van der Waals surface area contributed by atoms with Crippen LogP contribution in [0.5, 0.6) is 0 Å². The molecule has 0 aliphatic heterocycles. The third kappa shape index (κ3) is 2.10. The standard InChI is InChI=1S/C15H9ClN2O2/c16-14-13-4-2-1-3-11(13)9-17-15(14)10-5-7-12(8-6-10)18(19)20/h1-9H. The molecule has 0 radical (unpaired) electrons. The maximum Gasteiger partial charge on any atom is 0.269 e. The number of benzene rings is 2. The van der Waals surface area contributed by atoms with Crippen LogP contribution < -0.4 is 0 Å². The summed E-state index contributed by atoms with van der Waals surface area (Å²) in [5.74, 6) is 0. The first-order valence-electron chi connectivity index (χ1n) is 5.95. The van der Waals surface area contributed by atoms with Gasteiger partial charge >= 0.3 is 0 Å². The number of aromatic nitrogens is 1. The molecule has 4 nitrogen and oxygen atoms in total. The predicted octanol–water partition coefficient (Wildman–Crippen LogP) is 4.46. The molecule has 1 aromatic heterocycles. The van der Waals surface area contributed by atoms with Gasteiger partial charge in [-0.3, -0.25) is 15.1 Å². The van der Waals surface area contributed by atoms with Crippen molar-refractivity contribution in [2.75, 3.05) is 0 Å². The van der Waals surface area contributed by atoms with Crippen molar-refractivity contribution < 1.29 is 4.92 Å². The topological polar surface area (TPSA) is 56.0 Å². The number of hydrogen-bond donors (Lipinski definition) is 0. The molecule has 5 heteroatoms. The number of nitro groups is 1. The largest absolute Gasteiger partial charge is 0.269 e. The Morgan fingerprint density at radius 2 is 1.75 bits per heavy atom. The first-order valence-corrected chi connectivity index (χ1v) is 6.32. The average molecular weight is 285 g/mol. The van der Waals surface area contributed by atoms with E-state index in [0.29, 0.717) is 10.7 Å². The summed E-state index contributed by atoms with van der Waals surface area (Å²) in [4.78, 5) is 14.6. The fourth-order valence-electron chi connectivity index (χ4n) is 2.07. The van der Waals surface area contributed by atoms with E-state index in [-0.39, 0.29) is 5.69 Å².